The average Bonchev–Trinajstić information content (AvgIpc) is 1.80. The van der Waals surface area contributed by atoms with E-state index in [1.165, 1.54) is 31.7 Å². The zero-order chi connectivity index (χ0) is 80.9. The number of aliphatic hydroxyl groups excluding tert-OH is 1. The molecule has 3 rings (SSSR count). The topological polar surface area (TPSA) is 479 Å². The zero-order valence-corrected chi connectivity index (χ0v) is 65.4. The van der Waals surface area contributed by atoms with E-state index in [1.807, 2.05) is 13.8 Å². The summed E-state index contributed by atoms with van der Waals surface area (Å²) in [4.78, 5) is 214. The van der Waals surface area contributed by atoms with Gasteiger partial charge in [0.15, 0.2) is 0 Å². The highest BCUT2D eigenvalue weighted by atomic mass is 16.5. The molecule has 2 heterocycles. The van der Waals surface area contributed by atoms with Gasteiger partial charge in [0.2, 0.25) is 70.9 Å². The summed E-state index contributed by atoms with van der Waals surface area (Å²) in [5.74, 6) is -16.9. The second-order valence-corrected chi connectivity index (χ2v) is 29.9. The molecule has 2 aliphatic rings. The van der Waals surface area contributed by atoms with Gasteiger partial charge in [0, 0.05) is 25.8 Å². The maximum atomic E-state index is 15.0. The van der Waals surface area contributed by atoms with Crippen molar-refractivity contribution < 1.29 is 86.9 Å². The van der Waals surface area contributed by atoms with E-state index < -0.39 is 215 Å². The van der Waals surface area contributed by atoms with Gasteiger partial charge in [0.1, 0.15) is 84.3 Å². The molecule has 16 N–H and O–H groups in total. The molecule has 600 valence electrons. The van der Waals surface area contributed by atoms with E-state index in [9.17, 15) is 72.5 Å². The van der Waals surface area contributed by atoms with Crippen LogP contribution >= 0.6 is 0 Å². The van der Waals surface area contributed by atoms with Gasteiger partial charge in [-0.3, -0.25) is 67.1 Å². The Bertz CT molecular complexity index is 3250. The van der Waals surface area contributed by atoms with Crippen molar-refractivity contribution >= 4 is 88.7 Å². The number of carboxylic acids is 1. The number of nitrogens with two attached hydrogens (primary N) is 1. The molecule has 107 heavy (non-hydrogen) atoms. The highest BCUT2D eigenvalue weighted by Crippen LogP contribution is 2.23. The number of aliphatic hydroxyl groups is 1. The van der Waals surface area contributed by atoms with E-state index in [4.69, 9.17) is 10.5 Å². The van der Waals surface area contributed by atoms with E-state index in [0.29, 0.717) is 30.7 Å². The number of carbonyl (C=O) groups excluding carboxylic acids is 14. The zero-order valence-electron chi connectivity index (χ0n) is 65.4. The van der Waals surface area contributed by atoms with E-state index >= 15 is 9.59 Å². The molecule has 2 saturated heterocycles. The van der Waals surface area contributed by atoms with Crippen molar-refractivity contribution in [3.05, 3.63) is 47.7 Å². The predicted molar refractivity (Wildman–Crippen MR) is 397 cm³/mol. The lowest BCUT2D eigenvalue weighted by Crippen LogP contribution is -2.64. The maximum absolute atomic E-state index is 15.0. The summed E-state index contributed by atoms with van der Waals surface area (Å²) in [5.41, 5.74) is 6.32. The number of carbonyl (C=O) groups is 15. The Morgan fingerprint density at radius 3 is 1.72 bits per heavy atom. The molecule has 16 atom stereocenters. The largest absolute Gasteiger partial charge is 0.481 e. The monoisotopic (exact) mass is 1510 g/mol. The molecular weight excluding hydrogens is 1380 g/mol. The van der Waals surface area contributed by atoms with Crippen molar-refractivity contribution in [2.24, 2.45) is 47.2 Å². The molecule has 0 aliphatic carbocycles. The second-order valence-electron chi connectivity index (χ2n) is 29.9. The van der Waals surface area contributed by atoms with Crippen LogP contribution in [-0.4, -0.2) is 202 Å². The number of nitrogens with one attached hydrogen (secondary N) is 12. The molecule has 32 heteroatoms. The summed E-state index contributed by atoms with van der Waals surface area (Å²) in [5, 5.41) is 52.0. The summed E-state index contributed by atoms with van der Waals surface area (Å²) >= 11 is 0. The third-order valence-corrected chi connectivity index (χ3v) is 19.3. The van der Waals surface area contributed by atoms with Crippen LogP contribution in [0.3, 0.4) is 0 Å². The molecule has 1 aromatic rings. The Morgan fingerprint density at radius 2 is 1.18 bits per heavy atom. The minimum atomic E-state index is -1.84. The third kappa shape index (κ3) is 28.9. The van der Waals surface area contributed by atoms with Gasteiger partial charge in [-0.2, -0.15) is 0 Å². The molecular formula is C75H122N14O18. The lowest BCUT2D eigenvalue weighted by Gasteiger charge is -2.33. The Balaban J connectivity index is 2.00. The quantitative estimate of drug-likeness (QED) is 0.0333. The standard InChI is InChI=1S/C75H122N14O18/c1-18-43(14)59(71(102)88-62-46(17)107-75(106)58(42(12)13)84-63(94)48(20-3)78-66(97)51(37-47-28-22-21-23-29-47)80-68(99)55(39(6)7)81-70(101)60(44(15)19-2)86-73(62)104)85-64(95)49(30-25-35-76)79-67(98)52-31-26-36-89(52)74(105)57(41(10)11)83-69(100)56(40(8)9)82-72(103)61(45(16)90)87-65(96)50(33-34-54(92)93)77-53(91)32-24-27-38(4)5/h20-23,28-29,38-46,49-52,55-62,90H,18-19,24-27,30-37,76H2,1-17H3,(H,77,91)(H,78,97)(H,79,98)(H,80,99)(H,81,101)(H,82,103)(H,83,100)(H,84,94)(H,85,95)(H,86,104)(H,87,96)(H,88,102)(H,92,93)/b48-20-/t43-,44-,45-,46+,49+,50-,51+,52-,55-,56+,57-,58+,59-,60-,61+,62-/m1/s1. The highest BCUT2D eigenvalue weighted by Gasteiger charge is 2.44. The fraction of sp³-hybridized carbons (Fsp3) is 0.693. The van der Waals surface area contributed by atoms with Gasteiger partial charge in [-0.05, 0) is 113 Å². The first-order valence-corrected chi connectivity index (χ1v) is 37.7. The molecule has 0 bridgehead atoms. The number of carboxylic acid groups (broad SMARTS) is 1. The van der Waals surface area contributed by atoms with Crippen molar-refractivity contribution in [1.82, 2.24) is 68.7 Å². The first kappa shape index (κ1) is 92.1. The van der Waals surface area contributed by atoms with Crippen molar-refractivity contribution in [3.8, 4) is 0 Å². The molecule has 1 aromatic carbocycles. The average molecular weight is 1510 g/mol. The number of hydrogen-bond acceptors (Lipinski definition) is 18. The Labute approximate surface area is 629 Å². The van der Waals surface area contributed by atoms with Gasteiger partial charge in [0.25, 0.3) is 5.91 Å². The fourth-order valence-electron chi connectivity index (χ4n) is 12.2. The van der Waals surface area contributed by atoms with Gasteiger partial charge in [-0.25, -0.2) is 4.79 Å². The van der Waals surface area contributed by atoms with Crippen molar-refractivity contribution in [1.29, 1.82) is 0 Å². The summed E-state index contributed by atoms with van der Waals surface area (Å²) in [7, 11) is 0. The number of benzene rings is 1. The van der Waals surface area contributed by atoms with Crippen LogP contribution in [0.25, 0.3) is 0 Å². The lowest BCUT2D eigenvalue weighted by atomic mass is 9.95. The third-order valence-electron chi connectivity index (χ3n) is 19.3. The number of ether oxygens (including phenoxy) is 1. The molecule has 13 amide bonds. The van der Waals surface area contributed by atoms with Crippen molar-refractivity contribution in [3.63, 3.8) is 0 Å². The van der Waals surface area contributed by atoms with Crippen LogP contribution in [0.2, 0.25) is 0 Å². The fourth-order valence-corrected chi connectivity index (χ4v) is 12.2. The molecule has 0 aromatic heterocycles. The predicted octanol–water partition coefficient (Wildman–Crippen LogP) is 1.05. The van der Waals surface area contributed by atoms with Crippen molar-refractivity contribution in [2.45, 2.75) is 279 Å². The van der Waals surface area contributed by atoms with Gasteiger partial charge in [-0.15, -0.1) is 0 Å². The van der Waals surface area contributed by atoms with Crippen LogP contribution in [0.15, 0.2) is 42.1 Å². The SMILES string of the molecule is C/C=C1\NC(=O)[C@H](Cc2ccccc2)NC(=O)[C@@H](C(C)C)NC(=O)[C@@H]([C@H](C)CC)NC(=O)[C@H](NC(=O)[C@H](NC(=O)[C@H](CCCN)NC(=O)[C@H]2CCCN2C(=O)[C@H](NC(=O)[C@@H](NC(=O)[C@@H](NC(=O)[C@@H](CCC(=O)O)NC(=O)CCCC(C)C)[C@@H](C)O)C(C)C)C(C)C)[C@H](C)CC)[C@H](C)OC(=O)[C@H](C(C)C)NC1=O. The summed E-state index contributed by atoms with van der Waals surface area (Å²) in [6.45, 7) is 27.8. The number of nitrogens with zero attached hydrogens (tertiary/aromatic N) is 1. The van der Waals surface area contributed by atoms with Gasteiger partial charge < -0.3 is 89.4 Å². The minimum Gasteiger partial charge on any atom is -0.481 e. The number of aliphatic carboxylic acids is 1. The molecule has 32 nitrogen and oxygen atoms in total. The molecule has 0 radical (unpaired) electrons. The lowest BCUT2D eigenvalue weighted by molar-refractivity contribution is -0.157. The van der Waals surface area contributed by atoms with Gasteiger partial charge in [-0.1, -0.05) is 153 Å². The maximum Gasteiger partial charge on any atom is 0.329 e. The number of allylic oxidation sites excluding steroid dienone is 1. The van der Waals surface area contributed by atoms with E-state index in [-0.39, 0.29) is 63.7 Å². The van der Waals surface area contributed by atoms with E-state index in [2.05, 4.69) is 63.8 Å². The Morgan fingerprint density at radius 1 is 0.617 bits per heavy atom. The number of hydrogen-bond donors (Lipinski definition) is 15. The van der Waals surface area contributed by atoms with Crippen LogP contribution in [0, 0.1) is 41.4 Å². The van der Waals surface area contributed by atoms with Gasteiger partial charge >= 0.3 is 11.9 Å². The van der Waals surface area contributed by atoms with Crippen LogP contribution in [0.5, 0.6) is 0 Å². The molecule has 0 unspecified atom stereocenters. The van der Waals surface area contributed by atoms with Crippen LogP contribution in [-0.2, 0) is 83.1 Å². The second kappa shape index (κ2) is 44.9. The molecule has 0 spiro atoms. The number of rotatable bonds is 35. The van der Waals surface area contributed by atoms with Crippen molar-refractivity contribution in [2.75, 3.05) is 13.1 Å². The first-order valence-electron chi connectivity index (χ1n) is 37.7. The first-order chi connectivity index (χ1) is 50.2. The number of cyclic esters (lactones) is 1. The highest BCUT2D eigenvalue weighted by molar-refractivity contribution is 6.03. The normalized spacial score (nSPS) is 22.3. The Hall–Kier alpha value is -9.07. The number of amides is 13. The van der Waals surface area contributed by atoms with Crippen LogP contribution in [0.4, 0.5) is 0 Å². The minimum absolute atomic E-state index is 0.0400. The number of esters is 1. The summed E-state index contributed by atoms with van der Waals surface area (Å²) in [6.07, 6.45) is -0.432. The van der Waals surface area contributed by atoms with E-state index in [1.54, 1.807) is 113 Å². The number of likely N-dealkylation sites (tertiary alicyclic amines) is 1. The molecule has 2 aliphatic heterocycles. The van der Waals surface area contributed by atoms with Crippen LogP contribution in [0.1, 0.15) is 194 Å². The van der Waals surface area contributed by atoms with Crippen LogP contribution < -0.4 is 69.5 Å². The molecule has 0 saturated carbocycles. The van der Waals surface area contributed by atoms with E-state index in [0.717, 1.165) is 6.42 Å². The summed E-state index contributed by atoms with van der Waals surface area (Å²) < 4.78 is 5.95. The molecule has 2 fully saturated rings. The Kier molecular flexibility index (Phi) is 38.7. The smallest absolute Gasteiger partial charge is 0.329 e. The van der Waals surface area contributed by atoms with Gasteiger partial charge in [0.05, 0.1) is 6.10 Å². The summed E-state index contributed by atoms with van der Waals surface area (Å²) in [6, 6.07) is -8.44.